The Morgan fingerprint density at radius 3 is 2.87 bits per heavy atom. The third-order valence-corrected chi connectivity index (χ3v) is 2.70. The summed E-state index contributed by atoms with van der Waals surface area (Å²) in [7, 11) is 0. The highest BCUT2D eigenvalue weighted by Gasteiger charge is 2.23. The molecule has 1 aliphatic rings. The van der Waals surface area contributed by atoms with Gasteiger partial charge in [-0.25, -0.2) is 0 Å². The van der Waals surface area contributed by atoms with Crippen molar-refractivity contribution in [2.45, 2.75) is 13.0 Å². The molecule has 0 N–H and O–H groups in total. The predicted octanol–water partition coefficient (Wildman–Crippen LogP) is 2.47. The van der Waals surface area contributed by atoms with Crippen LogP contribution in [-0.2, 0) is 4.74 Å². The van der Waals surface area contributed by atoms with Crippen molar-refractivity contribution in [2.24, 2.45) is 0 Å². The minimum Gasteiger partial charge on any atom is -0.490 e. The monoisotopic (exact) mass is 320 g/mol. The number of halogens is 1. The standard InChI is InChI=1S/C11H13IO3/c1-2-13-11-5-8(12)3-4-10(11)15-7-9-6-14-9/h3-5,9H,2,6-7H2,1H3. The third kappa shape index (κ3) is 3.24. The van der Waals surface area contributed by atoms with Crippen LogP contribution in [0.4, 0.5) is 0 Å². The zero-order valence-electron chi connectivity index (χ0n) is 8.53. The molecule has 1 fully saturated rings. The van der Waals surface area contributed by atoms with Crippen LogP contribution in [0.2, 0.25) is 0 Å². The maximum absolute atomic E-state index is 5.62. The minimum atomic E-state index is 0.277. The van der Waals surface area contributed by atoms with Crippen LogP contribution in [0.5, 0.6) is 11.5 Å². The Balaban J connectivity index is 2.04. The molecular formula is C11H13IO3. The molecule has 0 bridgehead atoms. The zero-order valence-corrected chi connectivity index (χ0v) is 10.7. The molecule has 0 amide bonds. The summed E-state index contributed by atoms with van der Waals surface area (Å²) in [4.78, 5) is 0. The number of hydrogen-bond donors (Lipinski definition) is 0. The predicted molar refractivity (Wildman–Crippen MR) is 65.6 cm³/mol. The van der Waals surface area contributed by atoms with Crippen LogP contribution in [0.25, 0.3) is 0 Å². The van der Waals surface area contributed by atoms with E-state index in [0.717, 1.165) is 21.7 Å². The highest BCUT2D eigenvalue weighted by molar-refractivity contribution is 14.1. The van der Waals surface area contributed by atoms with Gasteiger partial charge in [-0.1, -0.05) is 0 Å². The van der Waals surface area contributed by atoms with Crippen LogP contribution in [0.1, 0.15) is 6.92 Å². The molecule has 15 heavy (non-hydrogen) atoms. The molecule has 82 valence electrons. The van der Waals surface area contributed by atoms with Crippen LogP contribution in [0.15, 0.2) is 18.2 Å². The summed E-state index contributed by atoms with van der Waals surface area (Å²) < 4.78 is 17.3. The van der Waals surface area contributed by atoms with E-state index in [0.29, 0.717) is 13.2 Å². The van der Waals surface area contributed by atoms with E-state index in [-0.39, 0.29) is 6.10 Å². The van der Waals surface area contributed by atoms with Gasteiger partial charge >= 0.3 is 0 Å². The Hall–Kier alpha value is -0.490. The number of rotatable bonds is 5. The summed E-state index contributed by atoms with van der Waals surface area (Å²) in [6, 6.07) is 5.93. The van der Waals surface area contributed by atoms with Gasteiger partial charge in [-0.2, -0.15) is 0 Å². The molecule has 0 saturated carbocycles. The lowest BCUT2D eigenvalue weighted by Gasteiger charge is -2.11. The molecule has 4 heteroatoms. The van der Waals surface area contributed by atoms with Crippen molar-refractivity contribution in [3.63, 3.8) is 0 Å². The summed E-state index contributed by atoms with van der Waals surface area (Å²) in [5.41, 5.74) is 0. The molecule has 1 aromatic carbocycles. The second-order valence-corrected chi connectivity index (χ2v) is 4.54. The number of hydrogen-bond acceptors (Lipinski definition) is 3. The van der Waals surface area contributed by atoms with Crippen LogP contribution in [0, 0.1) is 3.57 Å². The fourth-order valence-corrected chi connectivity index (χ4v) is 1.68. The summed E-state index contributed by atoms with van der Waals surface area (Å²) in [5.74, 6) is 1.61. The molecule has 1 heterocycles. The molecule has 1 aromatic rings. The average Bonchev–Trinajstić information content (AvgIpc) is 3.01. The van der Waals surface area contributed by atoms with E-state index in [9.17, 15) is 0 Å². The highest BCUT2D eigenvalue weighted by Crippen LogP contribution is 2.29. The van der Waals surface area contributed by atoms with Gasteiger partial charge in [0.2, 0.25) is 0 Å². The maximum atomic E-state index is 5.62. The van der Waals surface area contributed by atoms with Crippen molar-refractivity contribution in [3.8, 4) is 11.5 Å². The first kappa shape index (κ1) is 11.0. The van der Waals surface area contributed by atoms with E-state index in [4.69, 9.17) is 14.2 Å². The Morgan fingerprint density at radius 1 is 1.40 bits per heavy atom. The average molecular weight is 320 g/mol. The van der Waals surface area contributed by atoms with Gasteiger partial charge in [0.15, 0.2) is 11.5 Å². The van der Waals surface area contributed by atoms with Crippen molar-refractivity contribution < 1.29 is 14.2 Å². The fraction of sp³-hybridized carbons (Fsp3) is 0.455. The van der Waals surface area contributed by atoms with Gasteiger partial charge < -0.3 is 14.2 Å². The van der Waals surface area contributed by atoms with Crippen LogP contribution in [0.3, 0.4) is 0 Å². The summed E-state index contributed by atoms with van der Waals surface area (Å²) in [5, 5.41) is 0. The molecule has 0 radical (unpaired) electrons. The van der Waals surface area contributed by atoms with Gasteiger partial charge in [-0.3, -0.25) is 0 Å². The van der Waals surface area contributed by atoms with Gasteiger partial charge in [0.05, 0.1) is 13.2 Å². The van der Waals surface area contributed by atoms with Crippen molar-refractivity contribution in [3.05, 3.63) is 21.8 Å². The molecule has 1 aliphatic heterocycles. The molecule has 1 saturated heterocycles. The van der Waals surface area contributed by atoms with Crippen LogP contribution < -0.4 is 9.47 Å². The lowest BCUT2D eigenvalue weighted by Crippen LogP contribution is -2.05. The summed E-state index contributed by atoms with van der Waals surface area (Å²) in [6.07, 6.45) is 0.277. The fourth-order valence-electron chi connectivity index (χ4n) is 1.22. The van der Waals surface area contributed by atoms with Crippen LogP contribution in [-0.4, -0.2) is 25.9 Å². The molecular weight excluding hydrogens is 307 g/mol. The number of ether oxygens (including phenoxy) is 3. The molecule has 0 aliphatic carbocycles. The van der Waals surface area contributed by atoms with E-state index in [1.54, 1.807) is 0 Å². The molecule has 3 nitrogen and oxygen atoms in total. The Morgan fingerprint density at radius 2 is 2.20 bits per heavy atom. The molecule has 1 atom stereocenters. The largest absolute Gasteiger partial charge is 0.490 e. The maximum Gasteiger partial charge on any atom is 0.162 e. The smallest absolute Gasteiger partial charge is 0.162 e. The lowest BCUT2D eigenvalue weighted by molar-refractivity contribution is 0.245. The summed E-state index contributed by atoms with van der Waals surface area (Å²) >= 11 is 2.26. The molecule has 1 unspecified atom stereocenters. The van der Waals surface area contributed by atoms with Gasteiger partial charge in [0.1, 0.15) is 12.7 Å². The topological polar surface area (TPSA) is 31.0 Å². The second-order valence-electron chi connectivity index (χ2n) is 3.29. The first-order chi connectivity index (χ1) is 7.29. The number of epoxide rings is 1. The molecule has 0 spiro atoms. The van der Waals surface area contributed by atoms with Crippen molar-refractivity contribution >= 4 is 22.6 Å². The normalized spacial score (nSPS) is 18.7. The van der Waals surface area contributed by atoms with Gasteiger partial charge in [0.25, 0.3) is 0 Å². The van der Waals surface area contributed by atoms with E-state index < -0.39 is 0 Å². The Bertz CT molecular complexity index is 337. The second kappa shape index (κ2) is 5.03. The van der Waals surface area contributed by atoms with Gasteiger partial charge in [-0.15, -0.1) is 0 Å². The highest BCUT2D eigenvalue weighted by atomic mass is 127. The minimum absolute atomic E-state index is 0.277. The van der Waals surface area contributed by atoms with Gasteiger partial charge in [-0.05, 0) is 47.7 Å². The van der Waals surface area contributed by atoms with E-state index in [1.165, 1.54) is 0 Å². The van der Waals surface area contributed by atoms with Crippen molar-refractivity contribution in [1.82, 2.24) is 0 Å². The Labute approximate surface area is 103 Å². The van der Waals surface area contributed by atoms with E-state index in [2.05, 4.69) is 22.6 Å². The summed E-state index contributed by atoms with van der Waals surface area (Å²) in [6.45, 7) is 4.04. The van der Waals surface area contributed by atoms with Crippen LogP contribution >= 0.6 is 22.6 Å². The van der Waals surface area contributed by atoms with E-state index >= 15 is 0 Å². The molecule has 0 aromatic heterocycles. The van der Waals surface area contributed by atoms with Crippen molar-refractivity contribution in [2.75, 3.05) is 19.8 Å². The van der Waals surface area contributed by atoms with E-state index in [1.807, 2.05) is 25.1 Å². The zero-order chi connectivity index (χ0) is 10.7. The Kier molecular flexibility index (Phi) is 3.69. The first-order valence-electron chi connectivity index (χ1n) is 4.96. The SMILES string of the molecule is CCOc1cc(I)ccc1OCC1CO1. The molecule has 2 rings (SSSR count). The lowest BCUT2D eigenvalue weighted by atomic mass is 10.3. The number of benzene rings is 1. The van der Waals surface area contributed by atoms with Gasteiger partial charge in [0, 0.05) is 3.57 Å². The first-order valence-corrected chi connectivity index (χ1v) is 6.04. The third-order valence-electron chi connectivity index (χ3n) is 2.03. The van der Waals surface area contributed by atoms with Crippen molar-refractivity contribution in [1.29, 1.82) is 0 Å². The quantitative estimate of drug-likeness (QED) is 0.617.